The lowest BCUT2D eigenvalue weighted by molar-refractivity contribution is -0.192. The molecule has 0 aliphatic carbocycles. The first-order valence-corrected chi connectivity index (χ1v) is 10.4. The standard InChI is InChI=1S/C21H19F3N4O3.C2HF3O2/c1-27(2)15-8-6-13(7-9-15)11-25-18(29)17-12-26-20(31)28(19(17)30)16-5-3-4-14(10-16)21(22,23)24;3-2(4,5)1(6)7/h3-10,12H,11H2,1-2H3,(H,25,29)(H,26,31);(H,6,7). The second kappa shape index (κ2) is 11.7. The van der Waals surface area contributed by atoms with Gasteiger partial charge in [0, 0.05) is 32.5 Å². The summed E-state index contributed by atoms with van der Waals surface area (Å²) in [6, 6.07) is 11.1. The zero-order valence-corrected chi connectivity index (χ0v) is 19.6. The summed E-state index contributed by atoms with van der Waals surface area (Å²) in [7, 11) is 3.78. The number of alkyl halides is 6. The van der Waals surface area contributed by atoms with Gasteiger partial charge in [0.2, 0.25) is 0 Å². The number of aromatic amines is 1. The first-order valence-electron chi connectivity index (χ1n) is 10.4. The first kappa shape index (κ1) is 29.7. The molecular weight excluding hydrogens is 526 g/mol. The minimum atomic E-state index is -5.08. The molecule has 38 heavy (non-hydrogen) atoms. The Kier molecular flexibility index (Phi) is 9.10. The third-order valence-corrected chi connectivity index (χ3v) is 4.80. The van der Waals surface area contributed by atoms with Crippen molar-refractivity contribution in [1.82, 2.24) is 14.9 Å². The number of aliphatic carboxylic acids is 1. The molecule has 3 aromatic rings. The molecule has 3 N–H and O–H groups in total. The highest BCUT2D eigenvalue weighted by Gasteiger charge is 2.38. The van der Waals surface area contributed by atoms with E-state index >= 15 is 0 Å². The molecule has 1 aromatic heterocycles. The van der Waals surface area contributed by atoms with Crippen molar-refractivity contribution < 1.29 is 41.0 Å². The van der Waals surface area contributed by atoms with Crippen molar-refractivity contribution in [2.24, 2.45) is 0 Å². The number of nitrogens with zero attached hydrogens (tertiary/aromatic N) is 2. The van der Waals surface area contributed by atoms with Crippen LogP contribution in [0.1, 0.15) is 21.5 Å². The van der Waals surface area contributed by atoms with Crippen molar-refractivity contribution in [2.45, 2.75) is 18.9 Å². The van der Waals surface area contributed by atoms with E-state index in [0.717, 1.165) is 29.6 Å². The molecule has 0 fully saturated rings. The quantitative estimate of drug-likeness (QED) is 0.423. The van der Waals surface area contributed by atoms with Gasteiger partial charge in [-0.15, -0.1) is 0 Å². The van der Waals surface area contributed by atoms with Gasteiger partial charge in [-0.3, -0.25) is 9.59 Å². The van der Waals surface area contributed by atoms with E-state index in [4.69, 9.17) is 9.90 Å². The average Bonchev–Trinajstić information content (AvgIpc) is 2.82. The Balaban J connectivity index is 0.000000638. The number of anilines is 1. The second-order valence-electron chi connectivity index (χ2n) is 7.74. The normalized spacial score (nSPS) is 11.3. The van der Waals surface area contributed by atoms with E-state index in [1.165, 1.54) is 6.07 Å². The number of hydrogen-bond donors (Lipinski definition) is 3. The van der Waals surface area contributed by atoms with E-state index in [2.05, 4.69) is 10.3 Å². The summed E-state index contributed by atoms with van der Waals surface area (Å²) in [6.07, 6.45) is -8.79. The second-order valence-corrected chi connectivity index (χ2v) is 7.74. The lowest BCUT2D eigenvalue weighted by atomic mass is 10.2. The van der Waals surface area contributed by atoms with Gasteiger partial charge in [0.15, 0.2) is 0 Å². The van der Waals surface area contributed by atoms with Gasteiger partial charge in [-0.1, -0.05) is 18.2 Å². The smallest absolute Gasteiger partial charge is 0.475 e. The number of nitrogens with one attached hydrogen (secondary N) is 2. The van der Waals surface area contributed by atoms with Gasteiger partial charge in [-0.2, -0.15) is 26.3 Å². The van der Waals surface area contributed by atoms with E-state index in [1.807, 2.05) is 43.3 Å². The molecule has 0 radical (unpaired) electrons. The van der Waals surface area contributed by atoms with Crippen LogP contribution in [0.2, 0.25) is 0 Å². The van der Waals surface area contributed by atoms with Gasteiger partial charge in [0.05, 0.1) is 11.3 Å². The molecule has 0 aliphatic heterocycles. The number of amides is 1. The lowest BCUT2D eigenvalue weighted by Gasteiger charge is -2.13. The maximum atomic E-state index is 13.0. The number of hydrogen-bond acceptors (Lipinski definition) is 5. The zero-order chi connectivity index (χ0) is 28.8. The molecule has 1 amide bonds. The number of carboxylic acids is 1. The molecule has 0 saturated heterocycles. The van der Waals surface area contributed by atoms with Gasteiger partial charge in [0.1, 0.15) is 5.56 Å². The summed E-state index contributed by atoms with van der Waals surface area (Å²) in [5, 5.41) is 9.70. The van der Waals surface area contributed by atoms with E-state index in [9.17, 15) is 40.7 Å². The number of carbonyl (C=O) groups is 2. The fourth-order valence-electron chi connectivity index (χ4n) is 2.88. The number of aromatic nitrogens is 2. The predicted octanol–water partition coefficient (Wildman–Crippen LogP) is 3.17. The molecule has 0 unspecified atom stereocenters. The Bertz CT molecular complexity index is 1410. The van der Waals surface area contributed by atoms with E-state index < -0.39 is 46.6 Å². The Labute approximate surface area is 209 Å². The molecular formula is C23H20F6N4O5. The van der Waals surface area contributed by atoms with Crippen LogP contribution in [-0.4, -0.2) is 46.8 Å². The average molecular weight is 546 g/mol. The van der Waals surface area contributed by atoms with E-state index in [0.29, 0.717) is 10.6 Å². The Hall–Kier alpha value is -4.56. The molecule has 0 bridgehead atoms. The summed E-state index contributed by atoms with van der Waals surface area (Å²) in [4.78, 5) is 50.4. The highest BCUT2D eigenvalue weighted by molar-refractivity contribution is 5.93. The number of halogens is 6. The molecule has 2 aromatic carbocycles. The van der Waals surface area contributed by atoms with Crippen LogP contribution < -0.4 is 21.5 Å². The maximum Gasteiger partial charge on any atom is 0.490 e. The Morgan fingerprint density at radius 1 is 1.00 bits per heavy atom. The molecule has 0 saturated carbocycles. The SMILES string of the molecule is CN(C)c1ccc(CNC(=O)c2c[nH]c(=O)n(-c3cccc(C(F)(F)F)c3)c2=O)cc1.O=C(O)C(F)(F)F. The lowest BCUT2D eigenvalue weighted by Crippen LogP contribution is -2.39. The maximum absolute atomic E-state index is 13.0. The van der Waals surface area contributed by atoms with Gasteiger partial charge >= 0.3 is 24.0 Å². The molecule has 0 aliphatic rings. The summed E-state index contributed by atoms with van der Waals surface area (Å²) in [5.74, 6) is -3.52. The Morgan fingerprint density at radius 2 is 1.58 bits per heavy atom. The number of benzene rings is 2. The number of rotatable bonds is 5. The van der Waals surface area contributed by atoms with Crippen LogP contribution in [0.15, 0.2) is 64.3 Å². The fourth-order valence-corrected chi connectivity index (χ4v) is 2.88. The van der Waals surface area contributed by atoms with Crippen molar-refractivity contribution >= 4 is 17.6 Å². The third-order valence-electron chi connectivity index (χ3n) is 4.80. The van der Waals surface area contributed by atoms with Crippen LogP contribution in [-0.2, 0) is 17.5 Å². The Morgan fingerprint density at radius 3 is 2.08 bits per heavy atom. The predicted molar refractivity (Wildman–Crippen MR) is 123 cm³/mol. The first-order chi connectivity index (χ1) is 17.5. The van der Waals surface area contributed by atoms with E-state index in [-0.39, 0.29) is 12.2 Å². The molecule has 3 rings (SSSR count). The van der Waals surface area contributed by atoms with Crippen LogP contribution in [0, 0.1) is 0 Å². The summed E-state index contributed by atoms with van der Waals surface area (Å²) < 4.78 is 71.2. The molecule has 0 spiro atoms. The van der Waals surface area contributed by atoms with Crippen LogP contribution in [0.25, 0.3) is 5.69 Å². The third kappa shape index (κ3) is 7.72. The summed E-state index contributed by atoms with van der Waals surface area (Å²) >= 11 is 0. The van der Waals surface area contributed by atoms with Crippen molar-refractivity contribution in [3.63, 3.8) is 0 Å². The monoisotopic (exact) mass is 546 g/mol. The molecule has 15 heteroatoms. The van der Waals surface area contributed by atoms with Gasteiger partial charge in [-0.25, -0.2) is 14.2 Å². The largest absolute Gasteiger partial charge is 0.490 e. The van der Waals surface area contributed by atoms with Crippen LogP contribution in [0.5, 0.6) is 0 Å². The van der Waals surface area contributed by atoms with Crippen LogP contribution >= 0.6 is 0 Å². The van der Waals surface area contributed by atoms with Gasteiger partial charge in [0.25, 0.3) is 11.5 Å². The van der Waals surface area contributed by atoms with Crippen molar-refractivity contribution in [3.8, 4) is 5.69 Å². The molecule has 1 heterocycles. The number of carboxylic acid groups (broad SMARTS) is 1. The number of carbonyl (C=O) groups excluding carboxylic acids is 1. The molecule has 9 nitrogen and oxygen atoms in total. The van der Waals surface area contributed by atoms with Crippen molar-refractivity contribution in [1.29, 1.82) is 0 Å². The molecule has 204 valence electrons. The van der Waals surface area contributed by atoms with Gasteiger partial charge in [-0.05, 0) is 35.9 Å². The zero-order valence-electron chi connectivity index (χ0n) is 19.6. The van der Waals surface area contributed by atoms with Crippen molar-refractivity contribution in [3.05, 3.63) is 92.3 Å². The molecule has 0 atom stereocenters. The van der Waals surface area contributed by atoms with Crippen LogP contribution in [0.4, 0.5) is 32.0 Å². The minimum absolute atomic E-state index is 0.120. The fraction of sp³-hybridized carbons (Fsp3) is 0.217. The highest BCUT2D eigenvalue weighted by atomic mass is 19.4. The topological polar surface area (TPSA) is 124 Å². The summed E-state index contributed by atoms with van der Waals surface area (Å²) in [6.45, 7) is 0.120. The van der Waals surface area contributed by atoms with E-state index in [1.54, 1.807) is 0 Å². The highest BCUT2D eigenvalue weighted by Crippen LogP contribution is 2.29. The van der Waals surface area contributed by atoms with Crippen molar-refractivity contribution in [2.75, 3.05) is 19.0 Å². The van der Waals surface area contributed by atoms with Gasteiger partial charge < -0.3 is 20.3 Å². The number of H-pyrrole nitrogens is 1. The van der Waals surface area contributed by atoms with Crippen LogP contribution in [0.3, 0.4) is 0 Å². The minimum Gasteiger partial charge on any atom is -0.475 e. The summed E-state index contributed by atoms with van der Waals surface area (Å²) in [5.41, 5.74) is -1.95.